The van der Waals surface area contributed by atoms with Crippen molar-refractivity contribution in [3.8, 4) is 6.07 Å². The fraction of sp³-hybridized carbons (Fsp3) is 0.500. The average Bonchev–Trinajstić information content (AvgIpc) is 2.65. The number of aliphatic hydroxyl groups excluding tert-OH is 2. The second-order valence-corrected chi connectivity index (χ2v) is 4.13. The fourth-order valence-electron chi connectivity index (χ4n) is 2.02. The number of aromatic nitrogens is 2. The van der Waals surface area contributed by atoms with Gasteiger partial charge in [-0.2, -0.15) is 5.26 Å². The van der Waals surface area contributed by atoms with Crippen LogP contribution >= 0.6 is 0 Å². The van der Waals surface area contributed by atoms with Crippen LogP contribution in [0.25, 0.3) is 0 Å². The Bertz CT molecular complexity index is 644. The van der Waals surface area contributed by atoms with E-state index in [0.717, 1.165) is 6.07 Å². The van der Waals surface area contributed by atoms with Crippen LogP contribution in [-0.4, -0.2) is 50.3 Å². The fourth-order valence-corrected chi connectivity index (χ4v) is 2.02. The zero-order valence-electron chi connectivity index (χ0n) is 9.61. The number of aromatic amines is 1. The maximum atomic E-state index is 11.7. The van der Waals surface area contributed by atoms with Gasteiger partial charge in [0.05, 0.1) is 13.2 Å². The van der Waals surface area contributed by atoms with Crippen LogP contribution in [0.2, 0.25) is 0 Å². The van der Waals surface area contributed by atoms with E-state index in [1.54, 1.807) is 6.07 Å². The summed E-state index contributed by atoms with van der Waals surface area (Å²) in [6.07, 6.45) is -2.71. The molecule has 102 valence electrons. The Kier molecular flexibility index (Phi) is 3.25. The Hall–Kier alpha value is -1.99. The first-order chi connectivity index (χ1) is 8.93. The van der Waals surface area contributed by atoms with E-state index in [2.05, 4.69) is 0 Å². The van der Waals surface area contributed by atoms with E-state index in [-0.39, 0.29) is 0 Å². The number of nitrogens with one attached hydrogen (secondary N) is 1. The minimum atomic E-state index is -2.22. The van der Waals surface area contributed by atoms with Gasteiger partial charge in [-0.05, 0) is 0 Å². The van der Waals surface area contributed by atoms with Crippen LogP contribution in [-0.2, 0) is 10.5 Å². The molecule has 9 nitrogen and oxygen atoms in total. The van der Waals surface area contributed by atoms with Crippen LogP contribution in [0.3, 0.4) is 0 Å². The summed E-state index contributed by atoms with van der Waals surface area (Å²) in [4.78, 5) is 24.7. The summed E-state index contributed by atoms with van der Waals surface area (Å²) in [6, 6.07) is 2.40. The van der Waals surface area contributed by atoms with Gasteiger partial charge in [0.1, 0.15) is 24.0 Å². The number of hydrogen-bond acceptors (Lipinski definition) is 7. The Balaban J connectivity index is 2.63. The Labute approximate surface area is 105 Å². The van der Waals surface area contributed by atoms with Crippen molar-refractivity contribution in [2.75, 3.05) is 13.2 Å². The standard InChI is InChI=1S/C10H11N3O6/c11-2-5-1-7(15)12-9(17)13(5)10(18)4-19-6(3-14)8(10)16/h1,6,8,14,16,18H,3-4H2,(H,12,15,17)/t6-,8?,10?/m1/s1. The van der Waals surface area contributed by atoms with Crippen molar-refractivity contribution in [3.63, 3.8) is 0 Å². The first kappa shape index (κ1) is 13.4. The lowest BCUT2D eigenvalue weighted by Gasteiger charge is -2.28. The van der Waals surface area contributed by atoms with Gasteiger partial charge in [-0.15, -0.1) is 0 Å². The second kappa shape index (κ2) is 4.60. The number of H-pyrrole nitrogens is 1. The molecule has 0 radical (unpaired) electrons. The molecule has 0 aliphatic carbocycles. The molecule has 1 aliphatic heterocycles. The van der Waals surface area contributed by atoms with Crippen molar-refractivity contribution in [2.24, 2.45) is 0 Å². The van der Waals surface area contributed by atoms with E-state index in [1.807, 2.05) is 4.98 Å². The van der Waals surface area contributed by atoms with Gasteiger partial charge >= 0.3 is 5.69 Å². The Morgan fingerprint density at radius 1 is 1.63 bits per heavy atom. The van der Waals surface area contributed by atoms with Crippen molar-refractivity contribution in [1.29, 1.82) is 5.26 Å². The molecule has 2 heterocycles. The van der Waals surface area contributed by atoms with Crippen LogP contribution in [0.5, 0.6) is 0 Å². The Morgan fingerprint density at radius 3 is 2.84 bits per heavy atom. The second-order valence-electron chi connectivity index (χ2n) is 4.13. The molecule has 1 fully saturated rings. The molecule has 0 aromatic carbocycles. The van der Waals surface area contributed by atoms with Crippen molar-refractivity contribution in [2.45, 2.75) is 17.9 Å². The number of aliphatic hydroxyl groups is 3. The zero-order chi connectivity index (χ0) is 14.2. The highest BCUT2D eigenvalue weighted by Gasteiger charge is 2.50. The molecule has 9 heteroatoms. The summed E-state index contributed by atoms with van der Waals surface area (Å²) >= 11 is 0. The molecule has 1 aliphatic rings. The van der Waals surface area contributed by atoms with E-state index < -0.39 is 48.1 Å². The van der Waals surface area contributed by atoms with E-state index in [1.165, 1.54) is 0 Å². The lowest BCUT2D eigenvalue weighted by Crippen LogP contribution is -2.53. The minimum absolute atomic E-state index is 0.419. The van der Waals surface area contributed by atoms with E-state index in [9.17, 15) is 19.8 Å². The lowest BCUT2D eigenvalue weighted by atomic mass is 10.1. The monoisotopic (exact) mass is 269 g/mol. The highest BCUT2D eigenvalue weighted by Crippen LogP contribution is 2.28. The predicted molar refractivity (Wildman–Crippen MR) is 59.1 cm³/mol. The number of ether oxygens (including phenoxy) is 1. The van der Waals surface area contributed by atoms with Crippen LogP contribution in [0, 0.1) is 11.3 Å². The molecule has 0 bridgehead atoms. The first-order valence-electron chi connectivity index (χ1n) is 5.34. The average molecular weight is 269 g/mol. The molecule has 4 N–H and O–H groups in total. The molecule has 1 aromatic heterocycles. The summed E-state index contributed by atoms with van der Waals surface area (Å²) in [6.45, 7) is -1.07. The third kappa shape index (κ3) is 1.96. The van der Waals surface area contributed by atoms with Gasteiger partial charge in [-0.25, -0.2) is 9.36 Å². The van der Waals surface area contributed by atoms with Gasteiger partial charge in [-0.3, -0.25) is 9.78 Å². The molecule has 0 amide bonds. The van der Waals surface area contributed by atoms with E-state index in [4.69, 9.17) is 15.1 Å². The third-order valence-corrected chi connectivity index (χ3v) is 2.96. The predicted octanol–water partition coefficient (Wildman–Crippen LogP) is -3.19. The molecular formula is C10H11N3O6. The minimum Gasteiger partial charge on any atom is -0.394 e. The zero-order valence-corrected chi connectivity index (χ0v) is 9.61. The van der Waals surface area contributed by atoms with Crippen LogP contribution in [0.1, 0.15) is 5.69 Å². The van der Waals surface area contributed by atoms with Crippen molar-refractivity contribution >= 4 is 0 Å². The molecule has 2 unspecified atom stereocenters. The maximum Gasteiger partial charge on any atom is 0.331 e. The van der Waals surface area contributed by atoms with Gasteiger partial charge in [0.25, 0.3) is 5.56 Å². The summed E-state index contributed by atoms with van der Waals surface area (Å²) < 4.78 is 5.51. The van der Waals surface area contributed by atoms with Gasteiger partial charge in [-0.1, -0.05) is 0 Å². The van der Waals surface area contributed by atoms with Gasteiger partial charge in [0, 0.05) is 6.07 Å². The lowest BCUT2D eigenvalue weighted by molar-refractivity contribution is -0.116. The maximum absolute atomic E-state index is 11.7. The molecular weight excluding hydrogens is 258 g/mol. The summed E-state index contributed by atoms with van der Waals surface area (Å²) in [5.74, 6) is 0. The van der Waals surface area contributed by atoms with Gasteiger partial charge < -0.3 is 20.1 Å². The van der Waals surface area contributed by atoms with Crippen molar-refractivity contribution in [3.05, 3.63) is 32.6 Å². The smallest absolute Gasteiger partial charge is 0.331 e. The van der Waals surface area contributed by atoms with Crippen LogP contribution in [0.15, 0.2) is 15.7 Å². The van der Waals surface area contributed by atoms with Crippen LogP contribution < -0.4 is 11.2 Å². The normalized spacial score (nSPS) is 30.2. The topological polar surface area (TPSA) is 149 Å². The quantitative estimate of drug-likeness (QED) is 0.442. The molecule has 0 saturated carbocycles. The Morgan fingerprint density at radius 2 is 2.32 bits per heavy atom. The number of rotatable bonds is 2. The SMILES string of the molecule is N#Cc1cc(=O)[nH]c(=O)n1C1(O)CO[C@H](CO)C1O. The van der Waals surface area contributed by atoms with E-state index >= 15 is 0 Å². The van der Waals surface area contributed by atoms with Gasteiger partial charge in [0.15, 0.2) is 5.72 Å². The number of hydrogen-bond donors (Lipinski definition) is 4. The van der Waals surface area contributed by atoms with Crippen molar-refractivity contribution in [1.82, 2.24) is 9.55 Å². The molecule has 2 rings (SSSR count). The summed E-state index contributed by atoms with van der Waals surface area (Å²) in [7, 11) is 0. The highest BCUT2D eigenvalue weighted by atomic mass is 16.5. The van der Waals surface area contributed by atoms with Crippen molar-refractivity contribution < 1.29 is 20.1 Å². The molecule has 0 spiro atoms. The first-order valence-corrected chi connectivity index (χ1v) is 5.34. The third-order valence-electron chi connectivity index (χ3n) is 2.96. The highest BCUT2D eigenvalue weighted by molar-refractivity contribution is 5.21. The van der Waals surface area contributed by atoms with E-state index in [0.29, 0.717) is 4.57 Å². The largest absolute Gasteiger partial charge is 0.394 e. The summed E-state index contributed by atoms with van der Waals surface area (Å²) in [5, 5.41) is 38.1. The number of nitrogens with zero attached hydrogens (tertiary/aromatic N) is 2. The summed E-state index contributed by atoms with van der Waals surface area (Å²) in [5.41, 5.74) is -4.49. The number of nitriles is 1. The molecule has 1 aromatic rings. The van der Waals surface area contributed by atoms with Crippen LogP contribution in [0.4, 0.5) is 0 Å². The molecule has 19 heavy (non-hydrogen) atoms. The van der Waals surface area contributed by atoms with Gasteiger partial charge in [0.2, 0.25) is 0 Å². The molecule has 1 saturated heterocycles. The molecule has 3 atom stereocenters.